The van der Waals surface area contributed by atoms with Crippen LogP contribution in [0.2, 0.25) is 0 Å². The van der Waals surface area contributed by atoms with Crippen LogP contribution >= 0.6 is 12.4 Å². The molecule has 1 aromatic heterocycles. The Morgan fingerprint density at radius 1 is 1.15 bits per heavy atom. The van der Waals surface area contributed by atoms with Crippen LogP contribution in [-0.2, 0) is 11.2 Å². The molecule has 3 N–H and O–H groups in total. The van der Waals surface area contributed by atoms with Gasteiger partial charge in [0.1, 0.15) is 5.58 Å². The SMILES string of the molecule is CN(C)c1ccc2c(CC(=O)NCCCCCCN)cc(=O)oc2c1.Cl. The van der Waals surface area contributed by atoms with Gasteiger partial charge in [-0.2, -0.15) is 0 Å². The quantitative estimate of drug-likeness (QED) is 0.514. The average molecular weight is 382 g/mol. The summed E-state index contributed by atoms with van der Waals surface area (Å²) in [6, 6.07) is 7.05. The van der Waals surface area contributed by atoms with Crippen LogP contribution in [0.25, 0.3) is 11.0 Å². The van der Waals surface area contributed by atoms with Gasteiger partial charge in [0.2, 0.25) is 5.91 Å². The van der Waals surface area contributed by atoms with Crippen molar-refractivity contribution in [1.82, 2.24) is 5.32 Å². The topological polar surface area (TPSA) is 88.6 Å². The molecule has 2 rings (SSSR count). The van der Waals surface area contributed by atoms with E-state index in [-0.39, 0.29) is 24.7 Å². The Hall–Kier alpha value is -2.05. The minimum Gasteiger partial charge on any atom is -0.423 e. The van der Waals surface area contributed by atoms with Gasteiger partial charge < -0.3 is 20.4 Å². The van der Waals surface area contributed by atoms with Crippen LogP contribution in [0.15, 0.2) is 33.5 Å². The fraction of sp³-hybridized carbons (Fsp3) is 0.474. The largest absolute Gasteiger partial charge is 0.423 e. The van der Waals surface area contributed by atoms with Gasteiger partial charge >= 0.3 is 5.63 Å². The molecule has 0 fully saturated rings. The normalized spacial score (nSPS) is 10.4. The summed E-state index contributed by atoms with van der Waals surface area (Å²) in [6.45, 7) is 1.36. The number of hydrogen-bond acceptors (Lipinski definition) is 5. The van der Waals surface area contributed by atoms with Crippen molar-refractivity contribution in [2.75, 3.05) is 32.1 Å². The average Bonchev–Trinajstić information content (AvgIpc) is 2.57. The summed E-state index contributed by atoms with van der Waals surface area (Å²) in [6.07, 6.45) is 4.28. The number of nitrogens with zero attached hydrogens (tertiary/aromatic N) is 1. The van der Waals surface area contributed by atoms with Crippen molar-refractivity contribution in [3.05, 3.63) is 40.2 Å². The van der Waals surface area contributed by atoms with Crippen molar-refractivity contribution < 1.29 is 9.21 Å². The second-order valence-electron chi connectivity index (χ2n) is 6.40. The number of benzene rings is 1. The molecule has 144 valence electrons. The Morgan fingerprint density at radius 2 is 1.88 bits per heavy atom. The third kappa shape index (κ3) is 6.35. The van der Waals surface area contributed by atoms with Crippen LogP contribution in [0, 0.1) is 0 Å². The zero-order valence-electron chi connectivity index (χ0n) is 15.4. The zero-order chi connectivity index (χ0) is 18.2. The first-order valence-electron chi connectivity index (χ1n) is 8.72. The molecule has 1 amide bonds. The van der Waals surface area contributed by atoms with Gasteiger partial charge in [-0.25, -0.2) is 4.79 Å². The Balaban J connectivity index is 0.00000338. The summed E-state index contributed by atoms with van der Waals surface area (Å²) < 4.78 is 5.29. The molecule has 6 nitrogen and oxygen atoms in total. The maximum atomic E-state index is 12.2. The number of anilines is 1. The molecule has 0 aliphatic heterocycles. The number of rotatable bonds is 9. The number of carbonyl (C=O) groups excluding carboxylic acids is 1. The van der Waals surface area contributed by atoms with Gasteiger partial charge in [0.05, 0.1) is 6.42 Å². The number of hydrogen-bond donors (Lipinski definition) is 2. The van der Waals surface area contributed by atoms with E-state index in [1.807, 2.05) is 37.2 Å². The van der Waals surface area contributed by atoms with E-state index in [1.165, 1.54) is 6.07 Å². The van der Waals surface area contributed by atoms with E-state index in [0.29, 0.717) is 24.2 Å². The summed E-state index contributed by atoms with van der Waals surface area (Å²) in [5, 5.41) is 3.71. The first-order chi connectivity index (χ1) is 12.0. The molecule has 1 aromatic carbocycles. The van der Waals surface area contributed by atoms with Crippen LogP contribution in [0.5, 0.6) is 0 Å². The molecular formula is C19H28ClN3O3. The Kier molecular flexibility index (Phi) is 9.16. The van der Waals surface area contributed by atoms with Crippen molar-refractivity contribution >= 4 is 35.0 Å². The number of nitrogens with two attached hydrogens (primary N) is 1. The predicted octanol–water partition coefficient (Wildman–Crippen LogP) is 2.46. The highest BCUT2D eigenvalue weighted by atomic mass is 35.5. The van der Waals surface area contributed by atoms with Crippen molar-refractivity contribution in [2.45, 2.75) is 32.1 Å². The first kappa shape index (κ1) is 22.0. The van der Waals surface area contributed by atoms with Gasteiger partial charge in [-0.3, -0.25) is 4.79 Å². The van der Waals surface area contributed by atoms with Gasteiger partial charge in [-0.1, -0.05) is 12.8 Å². The molecular weight excluding hydrogens is 354 g/mol. The fourth-order valence-electron chi connectivity index (χ4n) is 2.73. The lowest BCUT2D eigenvalue weighted by Crippen LogP contribution is -2.26. The monoisotopic (exact) mass is 381 g/mol. The smallest absolute Gasteiger partial charge is 0.336 e. The maximum absolute atomic E-state index is 12.2. The predicted molar refractivity (Wildman–Crippen MR) is 108 cm³/mol. The molecule has 0 atom stereocenters. The number of nitrogens with one attached hydrogen (secondary N) is 1. The number of halogens is 1. The second kappa shape index (κ2) is 10.8. The van der Waals surface area contributed by atoms with E-state index in [0.717, 1.165) is 36.8 Å². The standard InChI is InChI=1S/C19H27N3O3.ClH/c1-22(2)15-7-8-16-14(12-19(24)25-17(16)13-15)11-18(23)21-10-6-4-3-5-9-20;/h7-8,12-13H,3-6,9-11,20H2,1-2H3,(H,21,23);1H. The fourth-order valence-corrected chi connectivity index (χ4v) is 2.73. The molecule has 26 heavy (non-hydrogen) atoms. The molecule has 0 saturated heterocycles. The van der Waals surface area contributed by atoms with E-state index in [2.05, 4.69) is 5.32 Å². The van der Waals surface area contributed by atoms with Gasteiger partial charge in [-0.15, -0.1) is 12.4 Å². The highest BCUT2D eigenvalue weighted by Crippen LogP contribution is 2.23. The van der Waals surface area contributed by atoms with Crippen LogP contribution in [0.1, 0.15) is 31.2 Å². The molecule has 7 heteroatoms. The van der Waals surface area contributed by atoms with Crippen molar-refractivity contribution in [3.63, 3.8) is 0 Å². The molecule has 2 aromatic rings. The zero-order valence-corrected chi connectivity index (χ0v) is 16.2. The van der Waals surface area contributed by atoms with Gasteiger partial charge in [0.15, 0.2) is 0 Å². The maximum Gasteiger partial charge on any atom is 0.336 e. The van der Waals surface area contributed by atoms with E-state index in [9.17, 15) is 9.59 Å². The Bertz CT molecular complexity index is 774. The van der Waals surface area contributed by atoms with Crippen molar-refractivity contribution in [2.24, 2.45) is 5.73 Å². The summed E-state index contributed by atoms with van der Waals surface area (Å²) in [5.74, 6) is -0.0811. The van der Waals surface area contributed by atoms with E-state index >= 15 is 0 Å². The van der Waals surface area contributed by atoms with Crippen LogP contribution in [0.4, 0.5) is 5.69 Å². The minimum absolute atomic E-state index is 0. The van der Waals surface area contributed by atoms with Crippen molar-refractivity contribution in [1.29, 1.82) is 0 Å². The minimum atomic E-state index is -0.437. The molecule has 0 bridgehead atoms. The summed E-state index contributed by atoms with van der Waals surface area (Å²) in [5.41, 5.74) is 7.15. The van der Waals surface area contributed by atoms with E-state index in [1.54, 1.807) is 0 Å². The van der Waals surface area contributed by atoms with E-state index < -0.39 is 5.63 Å². The molecule has 0 unspecified atom stereocenters. The summed E-state index contributed by atoms with van der Waals surface area (Å²) in [4.78, 5) is 25.9. The van der Waals surface area contributed by atoms with Gasteiger partial charge in [0, 0.05) is 43.8 Å². The summed E-state index contributed by atoms with van der Waals surface area (Å²) >= 11 is 0. The van der Waals surface area contributed by atoms with E-state index in [4.69, 9.17) is 10.2 Å². The lowest BCUT2D eigenvalue weighted by atomic mass is 10.1. The highest BCUT2D eigenvalue weighted by Gasteiger charge is 2.11. The lowest BCUT2D eigenvalue weighted by molar-refractivity contribution is -0.120. The Labute approximate surface area is 160 Å². The summed E-state index contributed by atoms with van der Waals surface area (Å²) in [7, 11) is 3.84. The van der Waals surface area contributed by atoms with Crippen LogP contribution in [0.3, 0.4) is 0 Å². The molecule has 0 saturated carbocycles. The van der Waals surface area contributed by atoms with Crippen LogP contribution in [-0.4, -0.2) is 33.1 Å². The number of carbonyl (C=O) groups is 1. The molecule has 0 aliphatic carbocycles. The molecule has 1 heterocycles. The molecule has 0 radical (unpaired) electrons. The second-order valence-corrected chi connectivity index (χ2v) is 6.40. The molecule has 0 aliphatic rings. The third-order valence-electron chi connectivity index (χ3n) is 4.13. The van der Waals surface area contributed by atoms with Gasteiger partial charge in [-0.05, 0) is 37.1 Å². The van der Waals surface area contributed by atoms with Crippen LogP contribution < -0.4 is 21.6 Å². The first-order valence-corrected chi connectivity index (χ1v) is 8.72. The lowest BCUT2D eigenvalue weighted by Gasteiger charge is -2.13. The number of amides is 1. The van der Waals surface area contributed by atoms with Crippen molar-refractivity contribution in [3.8, 4) is 0 Å². The highest BCUT2D eigenvalue weighted by molar-refractivity contribution is 5.88. The van der Waals surface area contributed by atoms with Gasteiger partial charge in [0.25, 0.3) is 0 Å². The third-order valence-corrected chi connectivity index (χ3v) is 4.13. The Morgan fingerprint density at radius 3 is 2.58 bits per heavy atom. The number of fused-ring (bicyclic) bond motifs is 1. The molecule has 0 spiro atoms. The number of unbranched alkanes of at least 4 members (excludes halogenated alkanes) is 3.